The molecule has 0 amide bonds. The predicted molar refractivity (Wildman–Crippen MR) is 136 cm³/mol. The van der Waals surface area contributed by atoms with Gasteiger partial charge < -0.3 is 31.1 Å². The first-order valence-electron chi connectivity index (χ1n) is 11.1. The summed E-state index contributed by atoms with van der Waals surface area (Å²) in [6.07, 6.45) is 1.35. The average molecular weight is 526 g/mol. The number of benzene rings is 1. The molecule has 1 aliphatic heterocycles. The van der Waals surface area contributed by atoms with Crippen molar-refractivity contribution in [3.63, 3.8) is 0 Å². The second-order valence-electron chi connectivity index (χ2n) is 8.93. The van der Waals surface area contributed by atoms with E-state index in [2.05, 4.69) is 48.5 Å². The molecule has 0 radical (unpaired) electrons. The number of carbonyl (C=O) groups is 2. The van der Waals surface area contributed by atoms with E-state index < -0.39 is 24.1 Å². The molecule has 1 aromatic heterocycles. The van der Waals surface area contributed by atoms with Gasteiger partial charge in [-0.1, -0.05) is 38.4 Å². The van der Waals surface area contributed by atoms with Crippen LogP contribution >= 0.6 is 23.4 Å². The predicted octanol–water partition coefficient (Wildman–Crippen LogP) is 2.80. The second-order valence-corrected chi connectivity index (χ2v) is 11.2. The molecular weight excluding hydrogens is 494 g/mol. The van der Waals surface area contributed by atoms with Gasteiger partial charge in [0.2, 0.25) is 0 Å². The van der Waals surface area contributed by atoms with Crippen LogP contribution in [0.5, 0.6) is 0 Å². The number of nitrogens with zero attached hydrogens (tertiary/aromatic N) is 1. The lowest BCUT2D eigenvalue weighted by atomic mass is 10.0. The Hall–Kier alpha value is -2.37. The van der Waals surface area contributed by atoms with Gasteiger partial charge in [-0.15, -0.1) is 11.8 Å². The topological polar surface area (TPSA) is 152 Å². The van der Waals surface area contributed by atoms with Crippen LogP contribution in [0.3, 0.4) is 0 Å². The molecule has 0 aliphatic carbocycles. The quantitative estimate of drug-likeness (QED) is 0.297. The number of fused-ring (bicyclic) bond motifs is 1. The smallest absolute Gasteiger partial charge is 0.335 e. The van der Waals surface area contributed by atoms with E-state index in [4.69, 9.17) is 32.0 Å². The number of aliphatic carboxylic acids is 2. The van der Waals surface area contributed by atoms with Crippen molar-refractivity contribution >= 4 is 41.0 Å². The highest BCUT2D eigenvalue weighted by Crippen LogP contribution is 2.35. The van der Waals surface area contributed by atoms with E-state index in [0.29, 0.717) is 0 Å². The van der Waals surface area contributed by atoms with Crippen molar-refractivity contribution in [2.24, 2.45) is 0 Å². The van der Waals surface area contributed by atoms with Gasteiger partial charge in [0.15, 0.2) is 12.2 Å². The van der Waals surface area contributed by atoms with Gasteiger partial charge in [-0.05, 0) is 49.2 Å². The molecule has 192 valence electrons. The average Bonchev–Trinajstić information content (AvgIpc) is 3.03. The standard InChI is InChI=1S/C20H26ClN3S.C4H6O6/c1-20(2,3)25-18-8-11-23-12-15(18)13-24-19-16-7-10-22-9-6-14(16)4-5-17(19)21;5-1(3(7)8)2(6)4(9)10/h4-5,8,11-12,22,24H,6-7,9-10,13H2,1-3H3;1-2,5-6H,(H,7,8)(H,9,10)/t;1-,2-/m.1/s1. The molecule has 0 fully saturated rings. The lowest BCUT2D eigenvalue weighted by Gasteiger charge is -2.21. The van der Waals surface area contributed by atoms with Gasteiger partial charge in [-0.2, -0.15) is 0 Å². The zero-order valence-electron chi connectivity index (χ0n) is 19.9. The number of aliphatic hydroxyl groups excluding tert-OH is 2. The maximum Gasteiger partial charge on any atom is 0.335 e. The Bertz CT molecular complexity index is 1010. The van der Waals surface area contributed by atoms with Gasteiger partial charge in [0.25, 0.3) is 0 Å². The van der Waals surface area contributed by atoms with Crippen LogP contribution in [-0.2, 0) is 29.0 Å². The number of rotatable bonds is 7. The van der Waals surface area contributed by atoms with Crippen LogP contribution in [0.4, 0.5) is 5.69 Å². The van der Waals surface area contributed by atoms with Gasteiger partial charge in [-0.3, -0.25) is 4.98 Å². The molecule has 0 unspecified atom stereocenters. The molecule has 0 saturated carbocycles. The first kappa shape index (κ1) is 28.9. The highest BCUT2D eigenvalue weighted by molar-refractivity contribution is 8.00. The number of nitrogens with one attached hydrogen (secondary N) is 2. The van der Waals surface area contributed by atoms with Crippen molar-refractivity contribution < 1.29 is 30.0 Å². The Morgan fingerprint density at radius 2 is 1.74 bits per heavy atom. The molecule has 3 rings (SSSR count). The van der Waals surface area contributed by atoms with Crippen LogP contribution in [0.2, 0.25) is 5.02 Å². The molecule has 2 atom stereocenters. The van der Waals surface area contributed by atoms with Crippen LogP contribution in [0.25, 0.3) is 0 Å². The fourth-order valence-electron chi connectivity index (χ4n) is 3.37. The van der Waals surface area contributed by atoms with E-state index in [1.807, 2.05) is 30.2 Å². The third-order valence-electron chi connectivity index (χ3n) is 5.02. The van der Waals surface area contributed by atoms with E-state index in [1.165, 1.54) is 21.6 Å². The minimum Gasteiger partial charge on any atom is -0.479 e. The lowest BCUT2D eigenvalue weighted by molar-refractivity contribution is -0.165. The Balaban J connectivity index is 0.000000367. The van der Waals surface area contributed by atoms with Gasteiger partial charge in [-0.25, -0.2) is 9.59 Å². The van der Waals surface area contributed by atoms with Crippen molar-refractivity contribution in [3.8, 4) is 0 Å². The van der Waals surface area contributed by atoms with Crippen molar-refractivity contribution in [2.75, 3.05) is 18.4 Å². The summed E-state index contributed by atoms with van der Waals surface area (Å²) in [5.74, 6) is -3.54. The summed E-state index contributed by atoms with van der Waals surface area (Å²) in [5, 5.41) is 40.4. The number of carboxylic acid groups (broad SMARTS) is 2. The zero-order chi connectivity index (χ0) is 26.2. The number of halogens is 1. The molecule has 1 aliphatic rings. The fourth-order valence-corrected chi connectivity index (χ4v) is 4.65. The Kier molecular flexibility index (Phi) is 10.8. The maximum absolute atomic E-state index is 9.77. The minimum atomic E-state index is -2.27. The number of pyridine rings is 1. The van der Waals surface area contributed by atoms with Crippen LogP contribution in [-0.4, -0.2) is 67.4 Å². The summed E-state index contributed by atoms with van der Waals surface area (Å²) in [4.78, 5) is 25.1. The number of anilines is 1. The van der Waals surface area contributed by atoms with Crippen molar-refractivity contribution in [2.45, 2.75) is 62.0 Å². The number of hydrogen-bond acceptors (Lipinski definition) is 8. The van der Waals surface area contributed by atoms with Crippen molar-refractivity contribution in [1.29, 1.82) is 0 Å². The summed E-state index contributed by atoms with van der Waals surface area (Å²) in [5.41, 5.74) is 5.04. The number of carboxylic acids is 2. The number of aromatic nitrogens is 1. The molecule has 9 nitrogen and oxygen atoms in total. The Morgan fingerprint density at radius 3 is 2.34 bits per heavy atom. The molecular formula is C24H32ClN3O6S. The molecule has 2 heterocycles. The van der Waals surface area contributed by atoms with Gasteiger partial charge in [0.05, 0.1) is 10.7 Å². The van der Waals surface area contributed by atoms with Gasteiger partial charge >= 0.3 is 11.9 Å². The molecule has 0 saturated heterocycles. The summed E-state index contributed by atoms with van der Waals surface area (Å²) in [6, 6.07) is 6.28. The molecule has 1 aromatic carbocycles. The number of thioether (sulfide) groups is 1. The molecule has 2 aromatic rings. The number of aliphatic hydroxyl groups is 2. The molecule has 35 heavy (non-hydrogen) atoms. The Morgan fingerprint density at radius 1 is 1.11 bits per heavy atom. The third kappa shape index (κ3) is 8.97. The fraction of sp³-hybridized carbons (Fsp3) is 0.458. The van der Waals surface area contributed by atoms with E-state index in [0.717, 1.165) is 43.2 Å². The third-order valence-corrected chi connectivity index (χ3v) is 6.56. The molecule has 0 bridgehead atoms. The minimum absolute atomic E-state index is 0.170. The van der Waals surface area contributed by atoms with E-state index in [9.17, 15) is 9.59 Å². The molecule has 11 heteroatoms. The maximum atomic E-state index is 9.77. The van der Waals surface area contributed by atoms with Crippen LogP contribution in [0, 0.1) is 0 Å². The summed E-state index contributed by atoms with van der Waals surface area (Å²) in [6.45, 7) is 9.46. The highest BCUT2D eigenvalue weighted by atomic mass is 35.5. The van der Waals surface area contributed by atoms with Crippen LogP contribution in [0.15, 0.2) is 35.5 Å². The zero-order valence-corrected chi connectivity index (χ0v) is 21.5. The van der Waals surface area contributed by atoms with Crippen molar-refractivity contribution in [3.05, 3.63) is 52.3 Å². The van der Waals surface area contributed by atoms with Gasteiger partial charge in [0, 0.05) is 34.1 Å². The van der Waals surface area contributed by atoms with Crippen LogP contribution < -0.4 is 10.6 Å². The summed E-state index contributed by atoms with van der Waals surface area (Å²) >= 11 is 8.40. The van der Waals surface area contributed by atoms with E-state index in [-0.39, 0.29) is 4.75 Å². The van der Waals surface area contributed by atoms with Gasteiger partial charge in [0.1, 0.15) is 0 Å². The van der Waals surface area contributed by atoms with Crippen molar-refractivity contribution in [1.82, 2.24) is 10.3 Å². The summed E-state index contributed by atoms with van der Waals surface area (Å²) < 4.78 is 0.170. The Labute approximate surface area is 213 Å². The largest absolute Gasteiger partial charge is 0.479 e. The normalized spacial score (nSPS) is 15.0. The molecule has 6 N–H and O–H groups in total. The first-order valence-corrected chi connectivity index (χ1v) is 12.3. The first-order chi connectivity index (χ1) is 16.4. The molecule has 0 spiro atoms. The van der Waals surface area contributed by atoms with Crippen LogP contribution in [0.1, 0.15) is 37.5 Å². The highest BCUT2D eigenvalue weighted by Gasteiger charge is 2.29. The van der Waals surface area contributed by atoms with E-state index in [1.54, 1.807) is 0 Å². The second kappa shape index (κ2) is 13.1. The lowest BCUT2D eigenvalue weighted by Crippen LogP contribution is -2.39. The number of hydrogen-bond donors (Lipinski definition) is 6. The summed E-state index contributed by atoms with van der Waals surface area (Å²) in [7, 11) is 0. The SMILES string of the molecule is CC(C)(C)Sc1ccncc1CNc1c(Cl)ccc2c1CCNCC2.O=C(O)[C@H](O)[C@@H](O)C(=O)O. The monoisotopic (exact) mass is 525 g/mol. The van der Waals surface area contributed by atoms with E-state index >= 15 is 0 Å².